The Morgan fingerprint density at radius 1 is 0.954 bits per heavy atom. The van der Waals surface area contributed by atoms with Gasteiger partial charge in [0.05, 0.1) is 43.6 Å². The van der Waals surface area contributed by atoms with Crippen molar-refractivity contribution in [1.82, 2.24) is 29.8 Å². The number of methoxy groups -OCH3 is 2. The largest absolute Gasteiger partial charge is 0.497 e. The first-order valence-electron chi connectivity index (χ1n) is 21.4. The fourth-order valence-electron chi connectivity index (χ4n) is 9.46. The quantitative estimate of drug-likeness (QED) is 0.111. The Morgan fingerprint density at radius 3 is 2.29 bits per heavy atom. The second-order valence-corrected chi connectivity index (χ2v) is 16.7. The number of aromatic nitrogens is 5. The molecule has 6 aromatic rings. The number of nitrogen functional groups attached to an aromatic ring is 1. The number of ether oxygens (including phenoxy) is 4. The second kappa shape index (κ2) is 17.4. The van der Waals surface area contributed by atoms with Crippen LogP contribution in [-0.2, 0) is 19.3 Å². The van der Waals surface area contributed by atoms with Crippen molar-refractivity contribution in [3.63, 3.8) is 0 Å². The van der Waals surface area contributed by atoms with Gasteiger partial charge in [0, 0.05) is 43.4 Å². The van der Waals surface area contributed by atoms with Crippen LogP contribution in [0.5, 0.6) is 23.4 Å². The highest BCUT2D eigenvalue weighted by molar-refractivity contribution is 5.97. The van der Waals surface area contributed by atoms with Gasteiger partial charge in [-0.1, -0.05) is 30.3 Å². The van der Waals surface area contributed by atoms with Crippen LogP contribution in [0.1, 0.15) is 60.2 Å². The van der Waals surface area contributed by atoms with E-state index >= 15 is 17.6 Å². The van der Waals surface area contributed by atoms with Crippen molar-refractivity contribution >= 4 is 28.4 Å². The fourth-order valence-corrected chi connectivity index (χ4v) is 9.46. The molecular formula is C47H48F5N9O4. The molecule has 2 saturated heterocycles. The first-order chi connectivity index (χ1) is 31.2. The van der Waals surface area contributed by atoms with Crippen LogP contribution in [-0.4, -0.2) is 88.6 Å². The van der Waals surface area contributed by atoms with Gasteiger partial charge in [0.25, 0.3) is 0 Å². The third kappa shape index (κ3) is 8.46. The van der Waals surface area contributed by atoms with Crippen molar-refractivity contribution in [2.75, 3.05) is 62.6 Å². The molecule has 13 nitrogen and oxygen atoms in total. The molecule has 0 aliphatic carbocycles. The highest BCUT2D eigenvalue weighted by Crippen LogP contribution is 2.47. The zero-order valence-corrected chi connectivity index (χ0v) is 36.3. The van der Waals surface area contributed by atoms with E-state index in [2.05, 4.69) is 24.8 Å². The van der Waals surface area contributed by atoms with Crippen molar-refractivity contribution < 1.29 is 40.9 Å². The van der Waals surface area contributed by atoms with Crippen molar-refractivity contribution in [2.45, 2.75) is 70.1 Å². The molecule has 2 N–H and O–H groups in total. The van der Waals surface area contributed by atoms with Gasteiger partial charge < -0.3 is 34.5 Å². The SMILES string of the molecule is COc1ccc(CN(Cc2ccc(OC)cc2)c2cc(-c3nc4c5c(nc(OC[C@@]67CCCN6C[C@H](F)C7)nc5c3F)N(C(C)c3cccnc3N)CCO4)c(C(F)(F)F)c(C)n2)cc1. The maximum atomic E-state index is 17.8. The van der Waals surface area contributed by atoms with Crippen LogP contribution in [0.2, 0.25) is 0 Å². The molecule has 3 aliphatic rings. The minimum absolute atomic E-state index is 0.00948. The molecule has 3 atom stereocenters. The number of rotatable bonds is 13. The molecular weight excluding hydrogens is 850 g/mol. The molecule has 2 fully saturated rings. The number of benzene rings is 2. The van der Waals surface area contributed by atoms with Gasteiger partial charge in [-0.15, -0.1) is 0 Å². The van der Waals surface area contributed by atoms with Crippen LogP contribution >= 0.6 is 0 Å². The number of nitrogens with two attached hydrogens (primary N) is 1. The zero-order chi connectivity index (χ0) is 45.6. The average Bonchev–Trinajstić information content (AvgIpc) is 3.75. The van der Waals surface area contributed by atoms with Crippen LogP contribution < -0.4 is 34.5 Å². The van der Waals surface area contributed by atoms with E-state index in [9.17, 15) is 4.39 Å². The van der Waals surface area contributed by atoms with Gasteiger partial charge in [-0.3, -0.25) is 4.90 Å². The summed E-state index contributed by atoms with van der Waals surface area (Å²) >= 11 is 0. The van der Waals surface area contributed by atoms with Gasteiger partial charge in [0.2, 0.25) is 5.88 Å². The maximum absolute atomic E-state index is 17.8. The first kappa shape index (κ1) is 43.7. The lowest BCUT2D eigenvalue weighted by atomic mass is 9.95. The summed E-state index contributed by atoms with van der Waals surface area (Å²) in [6, 6.07) is 18.6. The molecule has 65 heavy (non-hydrogen) atoms. The summed E-state index contributed by atoms with van der Waals surface area (Å²) < 4.78 is 102. The molecule has 0 spiro atoms. The summed E-state index contributed by atoms with van der Waals surface area (Å²) in [6.45, 7) is 4.73. The summed E-state index contributed by atoms with van der Waals surface area (Å²) in [5.74, 6) is 0.525. The summed E-state index contributed by atoms with van der Waals surface area (Å²) in [7, 11) is 3.11. The van der Waals surface area contributed by atoms with E-state index in [4.69, 9.17) is 29.7 Å². The number of pyridine rings is 3. The monoisotopic (exact) mass is 897 g/mol. The van der Waals surface area contributed by atoms with E-state index < -0.39 is 52.3 Å². The normalized spacial score (nSPS) is 18.8. The number of aryl methyl sites for hydroxylation is 1. The molecule has 0 amide bonds. The van der Waals surface area contributed by atoms with E-state index in [1.54, 1.807) is 55.6 Å². The van der Waals surface area contributed by atoms with Crippen LogP contribution in [0.4, 0.5) is 39.4 Å². The Hall–Kier alpha value is -6.56. The Labute approximate surface area is 372 Å². The third-order valence-electron chi connectivity index (χ3n) is 12.7. The lowest BCUT2D eigenvalue weighted by molar-refractivity contribution is -0.137. The Bertz CT molecular complexity index is 2660. The molecule has 4 aromatic heterocycles. The van der Waals surface area contributed by atoms with E-state index in [0.29, 0.717) is 30.0 Å². The summed E-state index contributed by atoms with van der Waals surface area (Å²) in [4.78, 5) is 28.4. The van der Waals surface area contributed by atoms with Gasteiger partial charge in [-0.25, -0.2) is 23.7 Å². The molecule has 2 aromatic carbocycles. The lowest BCUT2D eigenvalue weighted by Gasteiger charge is -2.32. The van der Waals surface area contributed by atoms with Crippen molar-refractivity contribution in [3.8, 4) is 34.6 Å². The van der Waals surface area contributed by atoms with Gasteiger partial charge in [-0.2, -0.15) is 23.1 Å². The molecule has 340 valence electrons. The molecule has 9 rings (SSSR count). The standard InChI is InChI=1S/C47H48F5N9O4/c1-27-38(47(50,51)52)35(21-36(55-27)59(23-29-8-12-32(62-3)13-9-29)24-30-10-14-33(63-4)15-11-30)40-39(49)41-37-43(58-45(57-41)65-26-46-16-6-18-60(46)25-31(48)22-46)61(19-20-64-44(37)56-40)28(2)34-7-5-17-54-42(34)53/h5,7-15,17,21,28,31H,6,16,18-20,22-26H2,1-4H3,(H2,53,54)/t28?,31-,46+/m1/s1. The topological polar surface area (TPSA) is 137 Å². The number of anilines is 3. The number of fused-ring (bicyclic) bond motifs is 1. The lowest BCUT2D eigenvalue weighted by Crippen LogP contribution is -2.43. The third-order valence-corrected chi connectivity index (χ3v) is 12.7. The molecule has 0 bridgehead atoms. The average molecular weight is 898 g/mol. The van der Waals surface area contributed by atoms with E-state index in [1.807, 2.05) is 42.2 Å². The van der Waals surface area contributed by atoms with Gasteiger partial charge >= 0.3 is 12.2 Å². The fraction of sp³-hybridized carbons (Fsp3) is 0.383. The molecule has 18 heteroatoms. The maximum Gasteiger partial charge on any atom is 0.418 e. The van der Waals surface area contributed by atoms with Gasteiger partial charge in [0.15, 0.2) is 5.82 Å². The van der Waals surface area contributed by atoms with Crippen LogP contribution in [0, 0.1) is 12.7 Å². The van der Waals surface area contributed by atoms with Crippen LogP contribution in [0.25, 0.3) is 22.2 Å². The number of hydrogen-bond donors (Lipinski definition) is 1. The minimum Gasteiger partial charge on any atom is -0.497 e. The number of nitrogens with zero attached hydrogens (tertiary/aromatic N) is 8. The minimum atomic E-state index is -4.98. The Kier molecular flexibility index (Phi) is 11.7. The second-order valence-electron chi connectivity index (χ2n) is 16.7. The molecule has 0 saturated carbocycles. The smallest absolute Gasteiger partial charge is 0.418 e. The molecule has 7 heterocycles. The molecule has 3 aliphatic heterocycles. The van der Waals surface area contributed by atoms with Gasteiger partial charge in [0.1, 0.15) is 64.9 Å². The molecule has 1 unspecified atom stereocenters. The predicted octanol–water partition coefficient (Wildman–Crippen LogP) is 8.67. The Morgan fingerprint density at radius 2 is 1.65 bits per heavy atom. The van der Waals surface area contributed by atoms with Crippen molar-refractivity contribution in [2.24, 2.45) is 0 Å². The number of alkyl halides is 4. The first-order valence-corrected chi connectivity index (χ1v) is 21.4. The van der Waals surface area contributed by atoms with Crippen LogP contribution in [0.3, 0.4) is 0 Å². The highest BCUT2D eigenvalue weighted by atomic mass is 19.4. The van der Waals surface area contributed by atoms with Gasteiger partial charge in [-0.05, 0) is 80.8 Å². The number of hydrogen-bond acceptors (Lipinski definition) is 13. The Balaban J connectivity index is 1.21. The zero-order valence-electron chi connectivity index (χ0n) is 36.3. The highest BCUT2D eigenvalue weighted by Gasteiger charge is 2.49. The van der Waals surface area contributed by atoms with E-state index in [0.717, 1.165) is 17.5 Å². The van der Waals surface area contributed by atoms with Crippen molar-refractivity contribution in [3.05, 3.63) is 107 Å². The van der Waals surface area contributed by atoms with Crippen LogP contribution in [0.15, 0.2) is 72.9 Å². The summed E-state index contributed by atoms with van der Waals surface area (Å²) in [5, 5.41) is 0.0379. The van der Waals surface area contributed by atoms with E-state index in [1.165, 1.54) is 13.0 Å². The number of halogens is 5. The van der Waals surface area contributed by atoms with Crippen molar-refractivity contribution in [1.29, 1.82) is 0 Å². The molecule has 0 radical (unpaired) electrons. The summed E-state index contributed by atoms with van der Waals surface area (Å²) in [6.07, 6.45) is -2.65. The summed E-state index contributed by atoms with van der Waals surface area (Å²) in [5.41, 5.74) is 4.88. The van der Waals surface area contributed by atoms with E-state index in [-0.39, 0.29) is 86.1 Å². The predicted molar refractivity (Wildman–Crippen MR) is 235 cm³/mol.